The molecule has 12 heteroatoms. The first-order valence-electron chi connectivity index (χ1n) is 12.5. The van der Waals surface area contributed by atoms with Crippen LogP contribution in [0.15, 0.2) is 52.6 Å². The third kappa shape index (κ3) is 5.84. The quantitative estimate of drug-likeness (QED) is 0.365. The van der Waals surface area contributed by atoms with E-state index in [1.54, 1.807) is 37.1 Å². The molecule has 0 radical (unpaired) electrons. The molecule has 0 bridgehead atoms. The highest BCUT2D eigenvalue weighted by Gasteiger charge is 2.36. The van der Waals surface area contributed by atoms with E-state index in [4.69, 9.17) is 14.5 Å². The third-order valence-electron chi connectivity index (χ3n) is 6.63. The molecule has 1 atom stereocenters. The molecule has 1 saturated heterocycles. The molecule has 0 amide bonds. The van der Waals surface area contributed by atoms with Gasteiger partial charge >= 0.3 is 0 Å². The molecule has 5 rings (SSSR count). The SMILES string of the molecule is COCCOc1cc(N(C)S(=O)(=O)c2ccccn2)c2[nH]c(C3=NCC(C)(CN4CCSCC4)S3)cc2c1. The summed E-state index contributed by atoms with van der Waals surface area (Å²) in [7, 11) is -0.742. The van der Waals surface area contributed by atoms with Gasteiger partial charge in [0.1, 0.15) is 17.4 Å². The van der Waals surface area contributed by atoms with Crippen molar-refractivity contribution in [2.75, 3.05) is 69.4 Å². The van der Waals surface area contributed by atoms with Crippen LogP contribution in [-0.4, -0.2) is 98.1 Å². The number of sulfonamides is 1. The number of anilines is 1. The van der Waals surface area contributed by atoms with Gasteiger partial charge in [0, 0.05) is 62.9 Å². The Morgan fingerprint density at radius 2 is 2.00 bits per heavy atom. The number of nitrogens with zero attached hydrogens (tertiary/aromatic N) is 4. The Balaban J connectivity index is 1.46. The van der Waals surface area contributed by atoms with E-state index >= 15 is 0 Å². The molecule has 2 aliphatic rings. The van der Waals surface area contributed by atoms with E-state index < -0.39 is 10.0 Å². The Kier molecular flexibility index (Phi) is 8.25. The summed E-state index contributed by atoms with van der Waals surface area (Å²) < 4.78 is 39.2. The monoisotopic (exact) mass is 575 g/mol. The molecule has 1 aromatic carbocycles. The van der Waals surface area contributed by atoms with Crippen LogP contribution in [0.25, 0.3) is 10.9 Å². The van der Waals surface area contributed by atoms with Crippen LogP contribution in [0.2, 0.25) is 0 Å². The van der Waals surface area contributed by atoms with E-state index in [1.807, 2.05) is 23.9 Å². The Morgan fingerprint density at radius 1 is 1.18 bits per heavy atom. The van der Waals surface area contributed by atoms with Crippen molar-refractivity contribution in [1.82, 2.24) is 14.9 Å². The highest BCUT2D eigenvalue weighted by Crippen LogP contribution is 2.39. The fraction of sp³-hybridized carbons (Fsp3) is 0.462. The van der Waals surface area contributed by atoms with Crippen LogP contribution in [0.3, 0.4) is 0 Å². The maximum absolute atomic E-state index is 13.4. The second-order valence-corrected chi connectivity index (χ2v) is 14.4. The van der Waals surface area contributed by atoms with Gasteiger partial charge in [-0.15, -0.1) is 0 Å². The lowest BCUT2D eigenvalue weighted by molar-refractivity contribution is 0.146. The molecular formula is C26H33N5O4S3. The maximum Gasteiger partial charge on any atom is 0.281 e. The predicted molar refractivity (Wildman–Crippen MR) is 157 cm³/mol. The maximum atomic E-state index is 13.4. The molecule has 2 aliphatic heterocycles. The number of ether oxygens (including phenoxy) is 2. The van der Waals surface area contributed by atoms with E-state index in [9.17, 15) is 8.42 Å². The van der Waals surface area contributed by atoms with Gasteiger partial charge in [-0.05, 0) is 31.2 Å². The number of thioether (sulfide) groups is 2. The zero-order valence-corrected chi connectivity index (χ0v) is 24.3. The van der Waals surface area contributed by atoms with Crippen molar-refractivity contribution in [3.63, 3.8) is 0 Å². The minimum Gasteiger partial charge on any atom is -0.491 e. The summed E-state index contributed by atoms with van der Waals surface area (Å²) in [4.78, 5) is 15.0. The van der Waals surface area contributed by atoms with Crippen molar-refractivity contribution in [1.29, 1.82) is 0 Å². The van der Waals surface area contributed by atoms with Crippen molar-refractivity contribution in [2.45, 2.75) is 16.7 Å². The fourth-order valence-corrected chi connectivity index (χ4v) is 7.95. The van der Waals surface area contributed by atoms with E-state index in [-0.39, 0.29) is 9.77 Å². The van der Waals surface area contributed by atoms with E-state index in [2.05, 4.69) is 21.8 Å². The summed E-state index contributed by atoms with van der Waals surface area (Å²) in [6.07, 6.45) is 1.47. The van der Waals surface area contributed by atoms with Gasteiger partial charge in [-0.3, -0.25) is 9.30 Å². The number of methoxy groups -OCH3 is 1. The normalized spacial score (nSPS) is 20.6. The van der Waals surface area contributed by atoms with E-state index in [1.165, 1.54) is 35.1 Å². The minimum absolute atomic E-state index is 0.00496. The van der Waals surface area contributed by atoms with Crippen LogP contribution < -0.4 is 9.04 Å². The van der Waals surface area contributed by atoms with Crippen LogP contribution >= 0.6 is 23.5 Å². The second-order valence-electron chi connectivity index (χ2n) is 9.63. The van der Waals surface area contributed by atoms with Crippen LogP contribution in [0.4, 0.5) is 5.69 Å². The van der Waals surface area contributed by atoms with Crippen molar-refractivity contribution in [3.05, 3.63) is 48.3 Å². The number of aromatic nitrogens is 2. The molecular weight excluding hydrogens is 543 g/mol. The standard InChI is InChI=1S/C26H33N5O4S3/c1-26(18-31-8-12-36-13-9-31)17-28-25(37-26)21-15-19-14-20(35-11-10-34-3)16-22(24(19)29-21)30(2)38(32,33)23-6-4-5-7-27-23/h4-7,14-16,29H,8-13,17-18H2,1-3H3. The number of rotatable bonds is 10. The van der Waals surface area contributed by atoms with Gasteiger partial charge in [-0.2, -0.15) is 20.2 Å². The highest BCUT2D eigenvalue weighted by molar-refractivity contribution is 8.15. The van der Waals surface area contributed by atoms with Crippen LogP contribution in [0, 0.1) is 0 Å². The topological polar surface area (TPSA) is 100 Å². The molecule has 9 nitrogen and oxygen atoms in total. The second kappa shape index (κ2) is 11.5. The predicted octanol–water partition coefficient (Wildman–Crippen LogP) is 3.71. The lowest BCUT2D eigenvalue weighted by atomic mass is 10.1. The first-order chi connectivity index (χ1) is 18.3. The summed E-state index contributed by atoms with van der Waals surface area (Å²) in [5.41, 5.74) is 2.05. The van der Waals surface area contributed by atoms with Crippen molar-refractivity contribution in [2.24, 2.45) is 4.99 Å². The number of nitrogens with one attached hydrogen (secondary N) is 1. The minimum atomic E-state index is -3.89. The number of fused-ring (bicyclic) bond motifs is 1. The highest BCUT2D eigenvalue weighted by atomic mass is 32.2. The van der Waals surface area contributed by atoms with Gasteiger partial charge in [-0.25, -0.2) is 4.98 Å². The summed E-state index contributed by atoms with van der Waals surface area (Å²) in [5.74, 6) is 2.93. The molecule has 0 saturated carbocycles. The molecule has 0 aliphatic carbocycles. The molecule has 3 aromatic rings. The van der Waals surface area contributed by atoms with Crippen LogP contribution in [0.1, 0.15) is 12.6 Å². The number of hydrogen-bond donors (Lipinski definition) is 1. The van der Waals surface area contributed by atoms with Crippen molar-refractivity contribution >= 4 is 55.2 Å². The number of hydrogen-bond acceptors (Lipinski definition) is 9. The van der Waals surface area contributed by atoms with Crippen molar-refractivity contribution in [3.8, 4) is 5.75 Å². The average molecular weight is 576 g/mol. The van der Waals surface area contributed by atoms with Crippen molar-refractivity contribution < 1.29 is 17.9 Å². The lowest BCUT2D eigenvalue weighted by Crippen LogP contribution is -2.43. The Morgan fingerprint density at radius 3 is 2.74 bits per heavy atom. The van der Waals surface area contributed by atoms with Gasteiger partial charge in [-0.1, -0.05) is 17.8 Å². The zero-order valence-electron chi connectivity index (χ0n) is 21.8. The Labute approximate surface area is 232 Å². The van der Waals surface area contributed by atoms with Gasteiger partial charge in [0.2, 0.25) is 0 Å². The van der Waals surface area contributed by atoms with E-state index in [0.717, 1.165) is 42.3 Å². The number of H-pyrrole nitrogens is 1. The number of benzene rings is 1. The fourth-order valence-electron chi connectivity index (χ4n) is 4.65. The third-order valence-corrected chi connectivity index (χ3v) is 10.6. The molecule has 1 unspecified atom stereocenters. The molecule has 204 valence electrons. The molecule has 1 N–H and O–H groups in total. The van der Waals surface area contributed by atoms with Gasteiger partial charge < -0.3 is 19.4 Å². The molecule has 4 heterocycles. The summed E-state index contributed by atoms with van der Waals surface area (Å²) >= 11 is 3.81. The van der Waals surface area contributed by atoms with Gasteiger partial charge in [0.15, 0.2) is 5.03 Å². The Bertz CT molecular complexity index is 1410. The molecule has 38 heavy (non-hydrogen) atoms. The first kappa shape index (κ1) is 27.3. The lowest BCUT2D eigenvalue weighted by Gasteiger charge is -2.33. The average Bonchev–Trinajstić information content (AvgIpc) is 3.52. The molecule has 2 aromatic heterocycles. The summed E-state index contributed by atoms with van der Waals surface area (Å²) in [6.45, 7) is 7.04. The first-order valence-corrected chi connectivity index (χ1v) is 15.9. The summed E-state index contributed by atoms with van der Waals surface area (Å²) in [5, 5.41) is 1.77. The van der Waals surface area contributed by atoms with Crippen LogP contribution in [0.5, 0.6) is 5.75 Å². The Hall–Kier alpha value is -2.25. The number of pyridine rings is 1. The van der Waals surface area contributed by atoms with Gasteiger partial charge in [0.25, 0.3) is 10.0 Å². The number of aromatic amines is 1. The smallest absolute Gasteiger partial charge is 0.281 e. The summed E-state index contributed by atoms with van der Waals surface area (Å²) in [6, 6.07) is 10.5. The van der Waals surface area contributed by atoms with E-state index in [0.29, 0.717) is 30.2 Å². The largest absolute Gasteiger partial charge is 0.491 e. The zero-order chi connectivity index (χ0) is 26.8. The molecule has 1 fully saturated rings. The van der Waals surface area contributed by atoms with Crippen LogP contribution in [-0.2, 0) is 14.8 Å². The molecule has 0 spiro atoms. The number of aliphatic imine (C=N–C) groups is 1. The van der Waals surface area contributed by atoms with Gasteiger partial charge in [0.05, 0.1) is 34.8 Å².